The molecule has 13 heavy (non-hydrogen) atoms. The van der Waals surface area contributed by atoms with E-state index in [1.807, 2.05) is 17.5 Å². The number of aromatic nitrogens is 2. The topological polar surface area (TPSA) is 45.8 Å². The molecular formula is C9H8N2OS. The molecule has 0 atom stereocenters. The van der Waals surface area contributed by atoms with Crippen LogP contribution in [0.3, 0.4) is 0 Å². The lowest BCUT2D eigenvalue weighted by molar-refractivity contribution is 1.03. The average Bonchev–Trinajstić information content (AvgIpc) is 2.53. The molecule has 0 spiro atoms. The smallest absolute Gasteiger partial charge is 0.251 e. The van der Waals surface area contributed by atoms with Crippen molar-refractivity contribution in [3.8, 4) is 10.6 Å². The summed E-state index contributed by atoms with van der Waals surface area (Å²) in [5, 5.41) is 1.97. The van der Waals surface area contributed by atoms with Crippen LogP contribution in [0.1, 0.15) is 5.82 Å². The van der Waals surface area contributed by atoms with E-state index in [-0.39, 0.29) is 5.56 Å². The van der Waals surface area contributed by atoms with E-state index in [1.165, 1.54) is 6.07 Å². The fourth-order valence-corrected chi connectivity index (χ4v) is 1.82. The van der Waals surface area contributed by atoms with Crippen LogP contribution in [0.2, 0.25) is 0 Å². The molecule has 66 valence electrons. The van der Waals surface area contributed by atoms with Gasteiger partial charge in [0.2, 0.25) is 0 Å². The zero-order valence-corrected chi connectivity index (χ0v) is 7.89. The third-order valence-corrected chi connectivity index (χ3v) is 2.53. The molecule has 2 aromatic rings. The second kappa shape index (κ2) is 3.14. The van der Waals surface area contributed by atoms with Crippen LogP contribution in [-0.2, 0) is 0 Å². The van der Waals surface area contributed by atoms with Gasteiger partial charge in [0, 0.05) is 6.07 Å². The largest absolute Gasteiger partial charge is 0.311 e. The zero-order chi connectivity index (χ0) is 9.26. The van der Waals surface area contributed by atoms with E-state index in [1.54, 1.807) is 18.3 Å². The summed E-state index contributed by atoms with van der Waals surface area (Å²) in [4.78, 5) is 19.0. The SMILES string of the molecule is Cc1nc(-c2cccs2)cc(=O)[nH]1. The fourth-order valence-electron chi connectivity index (χ4n) is 1.13. The van der Waals surface area contributed by atoms with Gasteiger partial charge in [0.15, 0.2) is 0 Å². The Morgan fingerprint density at radius 2 is 2.38 bits per heavy atom. The lowest BCUT2D eigenvalue weighted by Crippen LogP contribution is -2.07. The minimum atomic E-state index is -0.101. The van der Waals surface area contributed by atoms with E-state index < -0.39 is 0 Å². The second-order valence-electron chi connectivity index (χ2n) is 2.69. The number of H-pyrrole nitrogens is 1. The van der Waals surface area contributed by atoms with E-state index in [2.05, 4.69) is 9.97 Å². The third kappa shape index (κ3) is 1.67. The van der Waals surface area contributed by atoms with Crippen molar-refractivity contribution in [1.82, 2.24) is 9.97 Å². The minimum absolute atomic E-state index is 0.101. The van der Waals surface area contributed by atoms with Crippen LogP contribution in [0.5, 0.6) is 0 Å². The Bertz CT molecular complexity index is 459. The van der Waals surface area contributed by atoms with Crippen molar-refractivity contribution in [2.45, 2.75) is 6.92 Å². The molecule has 2 aromatic heterocycles. The summed E-state index contributed by atoms with van der Waals surface area (Å²) in [6.07, 6.45) is 0. The summed E-state index contributed by atoms with van der Waals surface area (Å²) < 4.78 is 0. The van der Waals surface area contributed by atoms with Crippen LogP contribution in [0.4, 0.5) is 0 Å². The summed E-state index contributed by atoms with van der Waals surface area (Å²) in [7, 11) is 0. The van der Waals surface area contributed by atoms with Crippen LogP contribution in [-0.4, -0.2) is 9.97 Å². The third-order valence-electron chi connectivity index (χ3n) is 1.63. The van der Waals surface area contributed by atoms with Crippen molar-refractivity contribution in [2.24, 2.45) is 0 Å². The van der Waals surface area contributed by atoms with E-state index in [0.717, 1.165) is 10.6 Å². The van der Waals surface area contributed by atoms with Gasteiger partial charge in [-0.2, -0.15) is 0 Å². The predicted octanol–water partition coefficient (Wildman–Crippen LogP) is 1.81. The highest BCUT2D eigenvalue weighted by Crippen LogP contribution is 2.20. The number of hydrogen-bond acceptors (Lipinski definition) is 3. The number of nitrogens with one attached hydrogen (secondary N) is 1. The van der Waals surface area contributed by atoms with E-state index >= 15 is 0 Å². The normalized spacial score (nSPS) is 10.2. The first-order chi connectivity index (χ1) is 6.25. The standard InChI is InChI=1S/C9H8N2OS/c1-6-10-7(5-9(12)11-6)8-3-2-4-13-8/h2-5H,1H3,(H,10,11,12). The monoisotopic (exact) mass is 192 g/mol. The number of thiophene rings is 1. The number of aromatic amines is 1. The Kier molecular flexibility index (Phi) is 1.98. The molecule has 0 unspecified atom stereocenters. The molecule has 2 heterocycles. The van der Waals surface area contributed by atoms with Gasteiger partial charge in [-0.15, -0.1) is 11.3 Å². The molecule has 0 aromatic carbocycles. The van der Waals surface area contributed by atoms with Crippen LogP contribution < -0.4 is 5.56 Å². The van der Waals surface area contributed by atoms with Crippen LogP contribution in [0, 0.1) is 6.92 Å². The predicted molar refractivity (Wildman–Crippen MR) is 52.9 cm³/mol. The zero-order valence-electron chi connectivity index (χ0n) is 7.07. The molecule has 0 amide bonds. The molecule has 4 heteroatoms. The molecule has 0 aliphatic heterocycles. The highest BCUT2D eigenvalue weighted by molar-refractivity contribution is 7.13. The molecule has 0 bridgehead atoms. The lowest BCUT2D eigenvalue weighted by Gasteiger charge is -1.96. The van der Waals surface area contributed by atoms with Crippen molar-refractivity contribution >= 4 is 11.3 Å². The van der Waals surface area contributed by atoms with Gasteiger partial charge in [-0.1, -0.05) is 6.07 Å². The minimum Gasteiger partial charge on any atom is -0.311 e. The fraction of sp³-hybridized carbons (Fsp3) is 0.111. The van der Waals surface area contributed by atoms with Gasteiger partial charge in [0.1, 0.15) is 5.82 Å². The quantitative estimate of drug-likeness (QED) is 0.749. The highest BCUT2D eigenvalue weighted by Gasteiger charge is 2.01. The van der Waals surface area contributed by atoms with Crippen molar-refractivity contribution in [3.63, 3.8) is 0 Å². The summed E-state index contributed by atoms with van der Waals surface area (Å²) in [5.74, 6) is 0.649. The maximum Gasteiger partial charge on any atom is 0.251 e. The van der Waals surface area contributed by atoms with Crippen molar-refractivity contribution in [2.75, 3.05) is 0 Å². The molecule has 0 fully saturated rings. The summed E-state index contributed by atoms with van der Waals surface area (Å²) in [6, 6.07) is 5.41. The second-order valence-corrected chi connectivity index (χ2v) is 3.64. The van der Waals surface area contributed by atoms with Gasteiger partial charge in [-0.3, -0.25) is 4.79 Å². The van der Waals surface area contributed by atoms with Gasteiger partial charge < -0.3 is 4.98 Å². The molecule has 0 saturated carbocycles. The van der Waals surface area contributed by atoms with Crippen LogP contribution in [0.15, 0.2) is 28.4 Å². The summed E-state index contributed by atoms with van der Waals surface area (Å²) in [6.45, 7) is 1.78. The summed E-state index contributed by atoms with van der Waals surface area (Å²) in [5.41, 5.74) is 0.646. The molecule has 0 aliphatic carbocycles. The van der Waals surface area contributed by atoms with Crippen LogP contribution >= 0.6 is 11.3 Å². The average molecular weight is 192 g/mol. The van der Waals surface area contributed by atoms with Crippen LogP contribution in [0.25, 0.3) is 10.6 Å². The molecule has 0 aliphatic rings. The first kappa shape index (κ1) is 8.19. The van der Waals surface area contributed by atoms with Gasteiger partial charge in [-0.25, -0.2) is 4.98 Å². The van der Waals surface area contributed by atoms with Gasteiger partial charge >= 0.3 is 0 Å². The first-order valence-electron chi connectivity index (χ1n) is 3.87. The number of hydrogen-bond donors (Lipinski definition) is 1. The Balaban J connectivity index is 2.59. The van der Waals surface area contributed by atoms with Gasteiger partial charge in [0.05, 0.1) is 10.6 Å². The molecule has 1 N–H and O–H groups in total. The Morgan fingerprint density at radius 1 is 1.54 bits per heavy atom. The first-order valence-corrected chi connectivity index (χ1v) is 4.75. The molecule has 2 rings (SSSR count). The maximum absolute atomic E-state index is 11.1. The molecule has 0 saturated heterocycles. The number of rotatable bonds is 1. The summed E-state index contributed by atoms with van der Waals surface area (Å²) >= 11 is 1.58. The van der Waals surface area contributed by atoms with E-state index in [4.69, 9.17) is 0 Å². The maximum atomic E-state index is 11.1. The molecule has 3 nitrogen and oxygen atoms in total. The Labute approximate surface area is 79.1 Å². The highest BCUT2D eigenvalue weighted by atomic mass is 32.1. The number of nitrogens with zero attached hydrogens (tertiary/aromatic N) is 1. The Morgan fingerprint density at radius 3 is 3.00 bits per heavy atom. The van der Waals surface area contributed by atoms with Gasteiger partial charge in [-0.05, 0) is 18.4 Å². The van der Waals surface area contributed by atoms with Crippen molar-refractivity contribution in [1.29, 1.82) is 0 Å². The molecule has 0 radical (unpaired) electrons. The number of aryl methyl sites for hydroxylation is 1. The lowest BCUT2D eigenvalue weighted by atomic mass is 10.3. The molecular weight excluding hydrogens is 184 g/mol. The van der Waals surface area contributed by atoms with E-state index in [9.17, 15) is 4.79 Å². The van der Waals surface area contributed by atoms with Crippen molar-refractivity contribution in [3.05, 3.63) is 39.8 Å². The van der Waals surface area contributed by atoms with E-state index in [0.29, 0.717) is 5.82 Å². The van der Waals surface area contributed by atoms with Crippen molar-refractivity contribution < 1.29 is 0 Å². The Hall–Kier alpha value is -1.42. The van der Waals surface area contributed by atoms with Gasteiger partial charge in [0.25, 0.3) is 5.56 Å².